The highest BCUT2D eigenvalue weighted by molar-refractivity contribution is 6.63. The first-order valence-corrected chi connectivity index (χ1v) is 10.8. The zero-order valence-electron chi connectivity index (χ0n) is 15.9. The highest BCUT2D eigenvalue weighted by Crippen LogP contribution is 2.20. The van der Waals surface area contributed by atoms with E-state index in [2.05, 4.69) is 13.8 Å². The van der Waals surface area contributed by atoms with Crippen molar-refractivity contribution in [1.82, 2.24) is 0 Å². The van der Waals surface area contributed by atoms with E-state index in [1.165, 1.54) is 83.5 Å². The minimum absolute atomic E-state index is 0.114. The highest BCUT2D eigenvalue weighted by Gasteiger charge is 2.14. The molecule has 0 rings (SSSR count). The maximum absolute atomic E-state index is 11.4. The zero-order valence-corrected chi connectivity index (χ0v) is 16.6. The van der Waals surface area contributed by atoms with Gasteiger partial charge in [-0.2, -0.15) is 0 Å². The van der Waals surface area contributed by atoms with Crippen molar-refractivity contribution in [1.29, 1.82) is 0 Å². The molecular weight excluding hydrogens is 304 g/mol. The van der Waals surface area contributed by atoms with Gasteiger partial charge < -0.3 is 0 Å². The van der Waals surface area contributed by atoms with Crippen LogP contribution < -0.4 is 0 Å². The Hall–Kier alpha value is -0.0400. The summed E-state index contributed by atoms with van der Waals surface area (Å²) in [7, 11) is 0. The molecule has 1 atom stereocenters. The standard InChI is InChI=1S/C21H41ClO/c1-3-5-7-8-9-10-11-12-13-14-15-16-17-19-20(21(22)23)18-6-4-2/h20H,3-19H2,1-2H3. The molecule has 0 bridgehead atoms. The lowest BCUT2D eigenvalue weighted by Crippen LogP contribution is -2.08. The third-order valence-corrected chi connectivity index (χ3v) is 5.19. The van der Waals surface area contributed by atoms with Gasteiger partial charge in [0.2, 0.25) is 5.24 Å². The molecule has 2 heteroatoms. The Morgan fingerprint density at radius 2 is 0.957 bits per heavy atom. The SMILES string of the molecule is CCCCCCCCCCCCCCCC(CCCC)C(=O)Cl. The van der Waals surface area contributed by atoms with Crippen LogP contribution in [0.5, 0.6) is 0 Å². The van der Waals surface area contributed by atoms with Gasteiger partial charge in [-0.1, -0.05) is 110 Å². The largest absolute Gasteiger partial charge is 0.281 e. The minimum Gasteiger partial charge on any atom is -0.281 e. The van der Waals surface area contributed by atoms with Crippen LogP contribution in [0, 0.1) is 5.92 Å². The Morgan fingerprint density at radius 3 is 1.35 bits per heavy atom. The summed E-state index contributed by atoms with van der Waals surface area (Å²) in [5.74, 6) is 0.115. The molecule has 0 amide bonds. The molecule has 0 saturated heterocycles. The fourth-order valence-corrected chi connectivity index (χ4v) is 3.45. The average molecular weight is 345 g/mol. The molecule has 138 valence electrons. The van der Waals surface area contributed by atoms with Gasteiger partial charge in [0.1, 0.15) is 0 Å². The molecule has 0 spiro atoms. The van der Waals surface area contributed by atoms with Gasteiger partial charge in [-0.25, -0.2) is 0 Å². The maximum Gasteiger partial charge on any atom is 0.224 e. The quantitative estimate of drug-likeness (QED) is 0.181. The minimum atomic E-state index is -0.114. The molecule has 0 aliphatic heterocycles. The van der Waals surface area contributed by atoms with E-state index in [0.717, 1.165) is 25.7 Å². The van der Waals surface area contributed by atoms with Crippen molar-refractivity contribution < 1.29 is 4.79 Å². The number of hydrogen-bond acceptors (Lipinski definition) is 1. The van der Waals surface area contributed by atoms with Crippen molar-refractivity contribution in [2.24, 2.45) is 5.92 Å². The molecule has 0 radical (unpaired) electrons. The molecule has 23 heavy (non-hydrogen) atoms. The number of halogens is 1. The van der Waals surface area contributed by atoms with Crippen LogP contribution in [0.1, 0.15) is 123 Å². The van der Waals surface area contributed by atoms with Crippen molar-refractivity contribution in [3.05, 3.63) is 0 Å². The van der Waals surface area contributed by atoms with Gasteiger partial charge in [-0.15, -0.1) is 0 Å². The van der Waals surface area contributed by atoms with Gasteiger partial charge in [-0.3, -0.25) is 4.79 Å². The predicted octanol–water partition coefficient (Wildman–Crippen LogP) is 8.04. The number of unbranched alkanes of at least 4 members (excludes halogenated alkanes) is 13. The average Bonchev–Trinajstić information content (AvgIpc) is 2.54. The second-order valence-electron chi connectivity index (χ2n) is 7.17. The third kappa shape index (κ3) is 16.6. The second kappa shape index (κ2) is 18.3. The molecule has 0 heterocycles. The lowest BCUT2D eigenvalue weighted by Gasteiger charge is -2.11. The van der Waals surface area contributed by atoms with Crippen molar-refractivity contribution in [3.8, 4) is 0 Å². The van der Waals surface area contributed by atoms with Gasteiger partial charge in [0.05, 0.1) is 0 Å². The van der Waals surface area contributed by atoms with E-state index in [9.17, 15) is 4.79 Å². The van der Waals surface area contributed by atoms with E-state index in [-0.39, 0.29) is 11.2 Å². The summed E-state index contributed by atoms with van der Waals surface area (Å²) in [6, 6.07) is 0. The third-order valence-electron chi connectivity index (χ3n) is 4.88. The van der Waals surface area contributed by atoms with Crippen LogP contribution in [0.3, 0.4) is 0 Å². The lowest BCUT2D eigenvalue weighted by molar-refractivity contribution is -0.115. The second-order valence-corrected chi connectivity index (χ2v) is 7.55. The summed E-state index contributed by atoms with van der Waals surface area (Å²) in [6.45, 7) is 4.44. The molecule has 0 N–H and O–H groups in total. The zero-order chi connectivity index (χ0) is 17.2. The molecule has 0 saturated carbocycles. The summed E-state index contributed by atoms with van der Waals surface area (Å²) in [4.78, 5) is 11.4. The number of rotatable bonds is 18. The number of carbonyl (C=O) groups excluding carboxylic acids is 1. The van der Waals surface area contributed by atoms with E-state index in [1.807, 2.05) is 0 Å². The molecular formula is C21H41ClO. The van der Waals surface area contributed by atoms with Gasteiger partial charge in [-0.05, 0) is 24.4 Å². The van der Waals surface area contributed by atoms with Gasteiger partial charge >= 0.3 is 0 Å². The van der Waals surface area contributed by atoms with Crippen LogP contribution in [-0.2, 0) is 4.79 Å². The Kier molecular flexibility index (Phi) is 18.3. The normalized spacial score (nSPS) is 12.5. The molecule has 0 aromatic rings. The monoisotopic (exact) mass is 344 g/mol. The first-order valence-electron chi connectivity index (χ1n) is 10.4. The molecule has 0 fully saturated rings. The van der Waals surface area contributed by atoms with Crippen LogP contribution in [0.4, 0.5) is 0 Å². The highest BCUT2D eigenvalue weighted by atomic mass is 35.5. The molecule has 0 aliphatic rings. The number of hydrogen-bond donors (Lipinski definition) is 0. The van der Waals surface area contributed by atoms with Crippen molar-refractivity contribution >= 4 is 16.8 Å². The molecule has 1 unspecified atom stereocenters. The van der Waals surface area contributed by atoms with E-state index < -0.39 is 0 Å². The van der Waals surface area contributed by atoms with Gasteiger partial charge in [0.25, 0.3) is 0 Å². The first-order chi connectivity index (χ1) is 11.2. The topological polar surface area (TPSA) is 17.1 Å². The van der Waals surface area contributed by atoms with E-state index >= 15 is 0 Å². The van der Waals surface area contributed by atoms with Crippen LogP contribution in [0.25, 0.3) is 0 Å². The van der Waals surface area contributed by atoms with Crippen molar-refractivity contribution in [2.45, 2.75) is 123 Å². The molecule has 0 aromatic heterocycles. The van der Waals surface area contributed by atoms with Crippen LogP contribution in [0.15, 0.2) is 0 Å². The van der Waals surface area contributed by atoms with Crippen molar-refractivity contribution in [3.63, 3.8) is 0 Å². The van der Waals surface area contributed by atoms with Crippen LogP contribution in [-0.4, -0.2) is 5.24 Å². The van der Waals surface area contributed by atoms with E-state index in [4.69, 9.17) is 11.6 Å². The Bertz CT molecular complexity index is 252. The summed E-state index contributed by atoms with van der Waals surface area (Å²) >= 11 is 5.69. The van der Waals surface area contributed by atoms with Crippen LogP contribution in [0.2, 0.25) is 0 Å². The Labute approximate surface area is 151 Å². The van der Waals surface area contributed by atoms with Crippen molar-refractivity contribution in [2.75, 3.05) is 0 Å². The summed E-state index contributed by atoms with van der Waals surface area (Å²) < 4.78 is 0. The van der Waals surface area contributed by atoms with Crippen LogP contribution >= 0.6 is 11.6 Å². The fourth-order valence-electron chi connectivity index (χ4n) is 3.23. The maximum atomic E-state index is 11.4. The fraction of sp³-hybridized carbons (Fsp3) is 0.952. The smallest absolute Gasteiger partial charge is 0.224 e. The summed E-state index contributed by atoms with van der Waals surface area (Å²) in [5, 5.41) is -0.114. The number of carbonyl (C=O) groups is 1. The Morgan fingerprint density at radius 1 is 0.609 bits per heavy atom. The summed E-state index contributed by atoms with van der Waals surface area (Å²) in [5.41, 5.74) is 0. The molecule has 0 aromatic carbocycles. The van der Waals surface area contributed by atoms with Gasteiger partial charge in [0.15, 0.2) is 0 Å². The molecule has 0 aliphatic carbocycles. The van der Waals surface area contributed by atoms with E-state index in [1.54, 1.807) is 0 Å². The summed E-state index contributed by atoms with van der Waals surface area (Å²) in [6.07, 6.45) is 22.1. The Balaban J connectivity index is 3.27. The lowest BCUT2D eigenvalue weighted by atomic mass is 9.96. The predicted molar refractivity (Wildman–Crippen MR) is 104 cm³/mol. The first kappa shape index (κ1) is 23.0. The van der Waals surface area contributed by atoms with E-state index in [0.29, 0.717) is 0 Å². The van der Waals surface area contributed by atoms with Gasteiger partial charge in [0, 0.05) is 5.92 Å². The molecule has 1 nitrogen and oxygen atoms in total.